The second-order valence-corrected chi connectivity index (χ2v) is 4.80. The van der Waals surface area contributed by atoms with Crippen LogP contribution in [-0.4, -0.2) is 11.7 Å². The second-order valence-electron chi connectivity index (χ2n) is 4.80. The molecule has 0 amide bonds. The Morgan fingerprint density at radius 1 is 0.944 bits per heavy atom. The first kappa shape index (κ1) is 11.3. The molecule has 0 heterocycles. The maximum atomic E-state index is 9.21. The fourth-order valence-electron chi connectivity index (χ4n) is 2.50. The average molecular weight is 240 g/mol. The van der Waals surface area contributed by atoms with Crippen molar-refractivity contribution in [3.8, 4) is 11.5 Å². The monoisotopic (exact) mass is 240 g/mol. The van der Waals surface area contributed by atoms with E-state index >= 15 is 0 Å². The number of benzene rings is 2. The SMILES string of the molecule is OCC1Cc2ccc(Oc3ccccc3)cc2C1. The lowest BCUT2D eigenvalue weighted by Crippen LogP contribution is -2.04. The Bertz CT molecular complexity index is 534. The molecule has 0 radical (unpaired) electrons. The molecule has 1 atom stereocenters. The van der Waals surface area contributed by atoms with Gasteiger partial charge in [0.1, 0.15) is 11.5 Å². The first-order valence-electron chi connectivity index (χ1n) is 6.31. The van der Waals surface area contributed by atoms with Gasteiger partial charge in [0.2, 0.25) is 0 Å². The Kier molecular flexibility index (Phi) is 3.03. The molecule has 0 bridgehead atoms. The van der Waals surface area contributed by atoms with Gasteiger partial charge in [-0.3, -0.25) is 0 Å². The highest BCUT2D eigenvalue weighted by atomic mass is 16.5. The first-order valence-corrected chi connectivity index (χ1v) is 6.31. The molecule has 0 aromatic heterocycles. The summed E-state index contributed by atoms with van der Waals surface area (Å²) in [6.45, 7) is 0.267. The minimum atomic E-state index is 0.267. The van der Waals surface area contributed by atoms with Crippen molar-refractivity contribution >= 4 is 0 Å². The van der Waals surface area contributed by atoms with Gasteiger partial charge in [-0.25, -0.2) is 0 Å². The van der Waals surface area contributed by atoms with Crippen LogP contribution in [-0.2, 0) is 12.8 Å². The third-order valence-corrected chi connectivity index (χ3v) is 3.43. The van der Waals surface area contributed by atoms with Crippen LogP contribution in [0.5, 0.6) is 11.5 Å². The predicted molar refractivity (Wildman–Crippen MR) is 70.9 cm³/mol. The normalized spacial score (nSPS) is 17.5. The van der Waals surface area contributed by atoms with Crippen molar-refractivity contribution < 1.29 is 9.84 Å². The standard InChI is InChI=1S/C16H16O2/c17-11-12-8-13-6-7-16(10-14(13)9-12)18-15-4-2-1-3-5-15/h1-7,10,12,17H,8-9,11H2. The smallest absolute Gasteiger partial charge is 0.127 e. The summed E-state index contributed by atoms with van der Waals surface area (Å²) in [6, 6.07) is 16.0. The summed E-state index contributed by atoms with van der Waals surface area (Å²) < 4.78 is 5.81. The van der Waals surface area contributed by atoms with Crippen molar-refractivity contribution in [1.29, 1.82) is 0 Å². The quantitative estimate of drug-likeness (QED) is 0.892. The van der Waals surface area contributed by atoms with Crippen molar-refractivity contribution in [3.63, 3.8) is 0 Å². The van der Waals surface area contributed by atoms with Crippen molar-refractivity contribution in [2.45, 2.75) is 12.8 Å². The third-order valence-electron chi connectivity index (χ3n) is 3.43. The highest BCUT2D eigenvalue weighted by Gasteiger charge is 2.20. The molecule has 0 aliphatic heterocycles. The highest BCUT2D eigenvalue weighted by molar-refractivity contribution is 5.41. The summed E-state index contributed by atoms with van der Waals surface area (Å²) in [7, 11) is 0. The van der Waals surface area contributed by atoms with Gasteiger partial charge in [0, 0.05) is 6.61 Å². The molecule has 0 saturated heterocycles. The number of aliphatic hydroxyl groups is 1. The van der Waals surface area contributed by atoms with E-state index in [1.807, 2.05) is 36.4 Å². The topological polar surface area (TPSA) is 29.5 Å². The zero-order chi connectivity index (χ0) is 12.4. The van der Waals surface area contributed by atoms with E-state index in [4.69, 9.17) is 4.74 Å². The molecule has 18 heavy (non-hydrogen) atoms. The van der Waals surface area contributed by atoms with Gasteiger partial charge < -0.3 is 9.84 Å². The molecule has 3 rings (SSSR count). The Morgan fingerprint density at radius 2 is 1.72 bits per heavy atom. The molecule has 1 aliphatic carbocycles. The maximum absolute atomic E-state index is 9.21. The number of aliphatic hydroxyl groups excluding tert-OH is 1. The van der Waals surface area contributed by atoms with E-state index in [1.54, 1.807) is 0 Å². The highest BCUT2D eigenvalue weighted by Crippen LogP contribution is 2.31. The van der Waals surface area contributed by atoms with Gasteiger partial charge in [-0.05, 0) is 54.2 Å². The molecule has 1 unspecified atom stereocenters. The van der Waals surface area contributed by atoms with Gasteiger partial charge in [0.05, 0.1) is 0 Å². The van der Waals surface area contributed by atoms with Crippen LogP contribution in [0.2, 0.25) is 0 Å². The first-order chi connectivity index (χ1) is 8.85. The van der Waals surface area contributed by atoms with Crippen LogP contribution >= 0.6 is 0 Å². The fraction of sp³-hybridized carbons (Fsp3) is 0.250. The summed E-state index contributed by atoms with van der Waals surface area (Å²) >= 11 is 0. The molecule has 2 aromatic carbocycles. The van der Waals surface area contributed by atoms with Crippen molar-refractivity contribution in [1.82, 2.24) is 0 Å². The van der Waals surface area contributed by atoms with Crippen LogP contribution in [0.25, 0.3) is 0 Å². The minimum absolute atomic E-state index is 0.267. The summed E-state index contributed by atoms with van der Waals surface area (Å²) in [5.41, 5.74) is 2.65. The van der Waals surface area contributed by atoms with E-state index in [9.17, 15) is 5.11 Å². The third kappa shape index (κ3) is 2.24. The molecule has 2 aromatic rings. The fourth-order valence-corrected chi connectivity index (χ4v) is 2.50. The van der Waals surface area contributed by atoms with Crippen LogP contribution in [0.3, 0.4) is 0 Å². The van der Waals surface area contributed by atoms with E-state index in [0.29, 0.717) is 5.92 Å². The number of fused-ring (bicyclic) bond motifs is 1. The van der Waals surface area contributed by atoms with E-state index in [1.165, 1.54) is 11.1 Å². The Hall–Kier alpha value is -1.80. The van der Waals surface area contributed by atoms with Gasteiger partial charge >= 0.3 is 0 Å². The molecule has 2 heteroatoms. The zero-order valence-corrected chi connectivity index (χ0v) is 10.2. The van der Waals surface area contributed by atoms with Crippen molar-refractivity contribution in [2.75, 3.05) is 6.61 Å². The van der Waals surface area contributed by atoms with Gasteiger partial charge in [-0.1, -0.05) is 24.3 Å². The minimum Gasteiger partial charge on any atom is -0.457 e. The van der Waals surface area contributed by atoms with E-state index < -0.39 is 0 Å². The van der Waals surface area contributed by atoms with Crippen molar-refractivity contribution in [3.05, 3.63) is 59.7 Å². The predicted octanol–water partition coefficient (Wildman–Crippen LogP) is 3.19. The second kappa shape index (κ2) is 4.83. The number of hydrogen-bond donors (Lipinski definition) is 1. The molecular weight excluding hydrogens is 224 g/mol. The van der Waals surface area contributed by atoms with Crippen LogP contribution in [0, 0.1) is 5.92 Å². The van der Waals surface area contributed by atoms with Crippen LogP contribution in [0.15, 0.2) is 48.5 Å². The summed E-state index contributed by atoms with van der Waals surface area (Å²) in [5, 5.41) is 9.21. The molecule has 0 fully saturated rings. The summed E-state index contributed by atoms with van der Waals surface area (Å²) in [4.78, 5) is 0. The average Bonchev–Trinajstić information content (AvgIpc) is 2.82. The van der Waals surface area contributed by atoms with Crippen molar-refractivity contribution in [2.24, 2.45) is 5.92 Å². The number of ether oxygens (including phenoxy) is 1. The van der Waals surface area contributed by atoms with Crippen LogP contribution < -0.4 is 4.74 Å². The van der Waals surface area contributed by atoms with Crippen LogP contribution in [0.1, 0.15) is 11.1 Å². The lowest BCUT2D eigenvalue weighted by molar-refractivity contribution is 0.232. The molecular formula is C16H16O2. The lowest BCUT2D eigenvalue weighted by atomic mass is 10.1. The largest absolute Gasteiger partial charge is 0.457 e. The number of para-hydroxylation sites is 1. The summed E-state index contributed by atoms with van der Waals surface area (Å²) in [6.07, 6.45) is 1.94. The molecule has 92 valence electrons. The molecule has 1 N–H and O–H groups in total. The van der Waals surface area contributed by atoms with Gasteiger partial charge in [-0.15, -0.1) is 0 Å². The number of hydrogen-bond acceptors (Lipinski definition) is 2. The molecule has 2 nitrogen and oxygen atoms in total. The Morgan fingerprint density at radius 3 is 2.50 bits per heavy atom. The van der Waals surface area contributed by atoms with Gasteiger partial charge in [-0.2, -0.15) is 0 Å². The molecule has 0 spiro atoms. The number of rotatable bonds is 3. The van der Waals surface area contributed by atoms with E-state index in [-0.39, 0.29) is 6.61 Å². The van der Waals surface area contributed by atoms with E-state index in [0.717, 1.165) is 24.3 Å². The maximum Gasteiger partial charge on any atom is 0.127 e. The van der Waals surface area contributed by atoms with E-state index in [2.05, 4.69) is 12.1 Å². The summed E-state index contributed by atoms with van der Waals surface area (Å²) in [5.74, 6) is 2.11. The lowest BCUT2D eigenvalue weighted by Gasteiger charge is -2.07. The van der Waals surface area contributed by atoms with Gasteiger partial charge in [0.25, 0.3) is 0 Å². The Balaban J connectivity index is 1.80. The molecule has 0 saturated carbocycles. The van der Waals surface area contributed by atoms with Gasteiger partial charge in [0.15, 0.2) is 0 Å². The Labute approximate surface area is 107 Å². The molecule has 1 aliphatic rings. The zero-order valence-electron chi connectivity index (χ0n) is 10.2. The van der Waals surface area contributed by atoms with Crippen LogP contribution in [0.4, 0.5) is 0 Å².